The average molecular weight is 324 g/mol. The Labute approximate surface area is 134 Å². The molecule has 118 valence electrons. The molecule has 1 aromatic carbocycles. The number of para-hydroxylation sites is 1. The van der Waals surface area contributed by atoms with Gasteiger partial charge in [-0.15, -0.1) is 11.6 Å². The predicted octanol–water partition coefficient (Wildman–Crippen LogP) is 2.72. The molecule has 6 heteroatoms. The highest BCUT2D eigenvalue weighted by atomic mass is 35.5. The van der Waals surface area contributed by atoms with E-state index in [1.807, 2.05) is 24.3 Å². The van der Waals surface area contributed by atoms with E-state index in [9.17, 15) is 4.79 Å². The minimum atomic E-state index is -1.38. The first-order chi connectivity index (χ1) is 10.5. The van der Waals surface area contributed by atoms with E-state index < -0.39 is 10.8 Å². The second-order valence-electron chi connectivity index (χ2n) is 4.62. The summed E-state index contributed by atoms with van der Waals surface area (Å²) in [7, 11) is 0. The lowest BCUT2D eigenvalue weighted by Gasteiger charge is -2.16. The number of aromatic nitrogens is 1. The number of aliphatic hydroxyl groups is 1. The van der Waals surface area contributed by atoms with Crippen LogP contribution in [0.4, 0.5) is 0 Å². The van der Waals surface area contributed by atoms with Crippen LogP contribution in [0.25, 0.3) is 0 Å². The minimum Gasteiger partial charge on any atom is -0.491 e. The van der Waals surface area contributed by atoms with Crippen LogP contribution in [0.2, 0.25) is 0 Å². The summed E-state index contributed by atoms with van der Waals surface area (Å²) in [6, 6.07) is 12.6. The molecule has 2 rings (SSSR count). The van der Waals surface area contributed by atoms with Gasteiger partial charge in [0.15, 0.2) is 4.87 Å². The Bertz CT molecular complexity index is 561. The van der Waals surface area contributed by atoms with Crippen molar-refractivity contribution in [2.75, 3.05) is 6.61 Å². The fourth-order valence-electron chi connectivity index (χ4n) is 1.29. The van der Waals surface area contributed by atoms with Gasteiger partial charge in [0.1, 0.15) is 12.4 Å². The number of halogens is 1. The Hall–Kier alpha value is -2.11. The Morgan fingerprint density at radius 1 is 1.27 bits per heavy atom. The quantitative estimate of drug-likeness (QED) is 0.827. The van der Waals surface area contributed by atoms with Gasteiger partial charge in [-0.05, 0) is 30.7 Å². The van der Waals surface area contributed by atoms with Crippen LogP contribution in [0, 0.1) is 0 Å². The van der Waals surface area contributed by atoms with Gasteiger partial charge in [-0.2, -0.15) is 0 Å². The van der Waals surface area contributed by atoms with Crippen molar-refractivity contribution in [1.82, 2.24) is 4.98 Å². The second-order valence-corrected chi connectivity index (χ2v) is 5.46. The molecule has 0 aliphatic carbocycles. The highest BCUT2D eigenvalue weighted by molar-refractivity contribution is 6.33. The maximum absolute atomic E-state index is 10.6. The maximum Gasteiger partial charge on any atom is 0.328 e. The topological polar surface area (TPSA) is 79.7 Å². The van der Waals surface area contributed by atoms with Gasteiger partial charge in [-0.25, -0.2) is 0 Å². The van der Waals surface area contributed by atoms with Crippen LogP contribution in [-0.4, -0.2) is 32.6 Å². The van der Waals surface area contributed by atoms with Crippen molar-refractivity contribution >= 4 is 17.6 Å². The lowest BCUT2D eigenvalue weighted by atomic mass is 10.2. The van der Waals surface area contributed by atoms with E-state index in [1.165, 1.54) is 6.92 Å². The molecule has 0 saturated carbocycles. The molecule has 0 fully saturated rings. The first-order valence-electron chi connectivity index (χ1n) is 6.55. The number of carboxylic acid groups (broad SMARTS) is 1. The Balaban J connectivity index is 0.000000255. The number of aliphatic hydroxyl groups excluding tert-OH is 1. The first-order valence-corrected chi connectivity index (χ1v) is 6.93. The van der Waals surface area contributed by atoms with Crippen LogP contribution < -0.4 is 4.74 Å². The highest BCUT2D eigenvalue weighted by Crippen LogP contribution is 2.17. The van der Waals surface area contributed by atoms with Gasteiger partial charge in [0.25, 0.3) is 0 Å². The summed E-state index contributed by atoms with van der Waals surface area (Å²) < 4.78 is 5.22. The third-order valence-corrected chi connectivity index (χ3v) is 2.88. The van der Waals surface area contributed by atoms with Crippen molar-refractivity contribution in [3.63, 3.8) is 0 Å². The van der Waals surface area contributed by atoms with E-state index in [1.54, 1.807) is 30.6 Å². The van der Waals surface area contributed by atoms with Gasteiger partial charge in [-0.3, -0.25) is 9.78 Å². The number of hydrogen-bond donors (Lipinski definition) is 2. The predicted molar refractivity (Wildman–Crippen MR) is 84.0 cm³/mol. The number of carbonyl (C=O) groups is 1. The summed E-state index contributed by atoms with van der Waals surface area (Å²) in [4.78, 5) is 13.0. The van der Waals surface area contributed by atoms with E-state index in [4.69, 9.17) is 26.6 Å². The number of alkyl halides is 1. The molecule has 0 spiro atoms. The molecule has 1 aromatic heterocycles. The second kappa shape index (κ2) is 9.02. The summed E-state index contributed by atoms with van der Waals surface area (Å²) in [6.45, 7) is 1.42. The molecule has 1 unspecified atom stereocenters. The smallest absolute Gasteiger partial charge is 0.328 e. The molecule has 0 bridgehead atoms. The molecule has 0 aliphatic heterocycles. The lowest BCUT2D eigenvalue weighted by molar-refractivity contribution is -0.140. The first kappa shape index (κ1) is 17.9. The zero-order valence-electron chi connectivity index (χ0n) is 12.1. The number of hydrogen-bond acceptors (Lipinski definition) is 4. The van der Waals surface area contributed by atoms with E-state index >= 15 is 0 Å². The largest absolute Gasteiger partial charge is 0.491 e. The maximum atomic E-state index is 10.6. The van der Waals surface area contributed by atoms with Gasteiger partial charge in [0.05, 0.1) is 6.61 Å². The van der Waals surface area contributed by atoms with Crippen molar-refractivity contribution in [2.45, 2.75) is 18.4 Å². The van der Waals surface area contributed by atoms with Crippen LogP contribution in [0.5, 0.6) is 5.75 Å². The third kappa shape index (κ3) is 6.56. The molecule has 0 amide bonds. The van der Waals surface area contributed by atoms with Crippen LogP contribution in [0.3, 0.4) is 0 Å². The molecular weight excluding hydrogens is 306 g/mol. The molecule has 0 saturated heterocycles. The fourth-order valence-corrected chi connectivity index (χ4v) is 1.34. The van der Waals surface area contributed by atoms with Crippen LogP contribution in [-0.2, 0) is 11.4 Å². The van der Waals surface area contributed by atoms with Crippen molar-refractivity contribution in [3.05, 3.63) is 60.4 Å². The Kier molecular flexibility index (Phi) is 7.36. The Morgan fingerprint density at radius 3 is 2.41 bits per heavy atom. The molecule has 5 nitrogen and oxygen atoms in total. The number of carboxylic acids is 1. The SMILES string of the molecule is CC(Cl)(COc1ccccc1)C(=O)O.OCc1cccnc1. The van der Waals surface area contributed by atoms with Gasteiger partial charge in [0.2, 0.25) is 0 Å². The minimum absolute atomic E-state index is 0.0616. The number of pyridine rings is 1. The Morgan fingerprint density at radius 2 is 1.95 bits per heavy atom. The van der Waals surface area contributed by atoms with E-state index in [0.717, 1.165) is 5.56 Å². The molecule has 2 N–H and O–H groups in total. The van der Waals surface area contributed by atoms with Crippen molar-refractivity contribution in [1.29, 1.82) is 0 Å². The molecule has 1 atom stereocenters. The lowest BCUT2D eigenvalue weighted by Crippen LogP contribution is -2.35. The average Bonchev–Trinajstić information content (AvgIpc) is 2.55. The highest BCUT2D eigenvalue weighted by Gasteiger charge is 2.31. The summed E-state index contributed by atoms with van der Waals surface area (Å²) in [5.41, 5.74) is 0.854. The van der Waals surface area contributed by atoms with Gasteiger partial charge in [0, 0.05) is 12.4 Å². The molecule has 2 aromatic rings. The van der Waals surface area contributed by atoms with Crippen molar-refractivity contribution < 1.29 is 19.7 Å². The van der Waals surface area contributed by atoms with Gasteiger partial charge >= 0.3 is 5.97 Å². The molecule has 1 heterocycles. The van der Waals surface area contributed by atoms with Crippen LogP contribution in [0.1, 0.15) is 12.5 Å². The number of benzene rings is 1. The normalized spacial score (nSPS) is 12.5. The molecule has 0 aliphatic rings. The molecular formula is C16H18ClNO4. The van der Waals surface area contributed by atoms with Gasteiger partial charge < -0.3 is 14.9 Å². The van der Waals surface area contributed by atoms with Crippen LogP contribution in [0.15, 0.2) is 54.9 Å². The monoisotopic (exact) mass is 323 g/mol. The van der Waals surface area contributed by atoms with E-state index in [0.29, 0.717) is 5.75 Å². The zero-order valence-corrected chi connectivity index (χ0v) is 12.9. The molecule has 22 heavy (non-hydrogen) atoms. The summed E-state index contributed by atoms with van der Waals surface area (Å²) in [5, 5.41) is 17.2. The number of rotatable bonds is 5. The number of ether oxygens (including phenoxy) is 1. The zero-order chi connectivity index (χ0) is 16.4. The van der Waals surface area contributed by atoms with Gasteiger partial charge in [-0.1, -0.05) is 24.3 Å². The van der Waals surface area contributed by atoms with E-state index in [-0.39, 0.29) is 13.2 Å². The van der Waals surface area contributed by atoms with E-state index in [2.05, 4.69) is 4.98 Å². The van der Waals surface area contributed by atoms with Crippen LogP contribution >= 0.6 is 11.6 Å². The fraction of sp³-hybridized carbons (Fsp3) is 0.250. The third-order valence-electron chi connectivity index (χ3n) is 2.60. The van der Waals surface area contributed by atoms with Crippen molar-refractivity contribution in [3.8, 4) is 5.75 Å². The standard InChI is InChI=1S/C10H11ClO3.C6H7NO/c1-10(11,9(12)13)7-14-8-5-3-2-4-6-8;8-5-6-2-1-3-7-4-6/h2-6H,7H2,1H3,(H,12,13);1-4,8H,5H2. The number of aliphatic carboxylic acids is 1. The molecule has 0 radical (unpaired) electrons. The van der Waals surface area contributed by atoms with Crippen molar-refractivity contribution in [2.24, 2.45) is 0 Å². The summed E-state index contributed by atoms with van der Waals surface area (Å²) in [6.07, 6.45) is 3.32. The summed E-state index contributed by atoms with van der Waals surface area (Å²) in [5.74, 6) is -0.476. The summed E-state index contributed by atoms with van der Waals surface area (Å²) >= 11 is 5.70. The number of nitrogens with zero attached hydrogens (tertiary/aromatic N) is 1.